The van der Waals surface area contributed by atoms with Crippen molar-refractivity contribution in [3.05, 3.63) is 70.6 Å². The van der Waals surface area contributed by atoms with Crippen molar-refractivity contribution >= 4 is 11.6 Å². The summed E-state index contributed by atoms with van der Waals surface area (Å²) >= 11 is 0. The van der Waals surface area contributed by atoms with Crippen LogP contribution in [0.15, 0.2) is 59.4 Å². The van der Waals surface area contributed by atoms with Gasteiger partial charge in [-0.3, -0.25) is 9.59 Å². The van der Waals surface area contributed by atoms with Crippen LogP contribution in [0.5, 0.6) is 5.75 Å². The predicted molar refractivity (Wildman–Crippen MR) is 127 cm³/mol. The van der Waals surface area contributed by atoms with E-state index in [9.17, 15) is 9.59 Å². The monoisotopic (exact) mass is 447 g/mol. The Balaban J connectivity index is 1.30. The summed E-state index contributed by atoms with van der Waals surface area (Å²) in [5.41, 5.74) is 1.89. The van der Waals surface area contributed by atoms with E-state index >= 15 is 0 Å². The molecule has 8 nitrogen and oxygen atoms in total. The van der Waals surface area contributed by atoms with E-state index in [1.165, 1.54) is 5.69 Å². The molecule has 2 heterocycles. The van der Waals surface area contributed by atoms with Gasteiger partial charge in [-0.05, 0) is 42.8 Å². The second kappa shape index (κ2) is 10.8. The van der Waals surface area contributed by atoms with Gasteiger partial charge in [0.1, 0.15) is 11.4 Å². The van der Waals surface area contributed by atoms with Crippen molar-refractivity contribution in [2.45, 2.75) is 26.2 Å². The summed E-state index contributed by atoms with van der Waals surface area (Å²) in [6.45, 7) is 5.65. The van der Waals surface area contributed by atoms with Crippen LogP contribution in [-0.2, 0) is 11.2 Å². The van der Waals surface area contributed by atoms with E-state index in [1.807, 2.05) is 47.4 Å². The van der Waals surface area contributed by atoms with E-state index in [1.54, 1.807) is 0 Å². The van der Waals surface area contributed by atoms with Gasteiger partial charge in [-0.1, -0.05) is 25.1 Å². The van der Waals surface area contributed by atoms with Crippen LogP contribution in [0.25, 0.3) is 11.4 Å². The lowest BCUT2D eigenvalue weighted by Gasteiger charge is -2.36. The number of piperazine rings is 1. The molecule has 2 aromatic carbocycles. The fourth-order valence-corrected chi connectivity index (χ4v) is 3.82. The molecule has 1 N–H and O–H groups in total. The molecule has 0 radical (unpaired) electrons. The zero-order valence-electron chi connectivity index (χ0n) is 18.9. The highest BCUT2D eigenvalue weighted by molar-refractivity contribution is 5.76. The number of ether oxygens (including phenoxy) is 1. The first kappa shape index (κ1) is 22.5. The third-order valence-electron chi connectivity index (χ3n) is 5.69. The lowest BCUT2D eigenvalue weighted by atomic mass is 10.2. The molecule has 4 rings (SSSR count). The molecule has 0 spiro atoms. The number of hydrogen-bond acceptors (Lipinski definition) is 6. The number of rotatable bonds is 8. The van der Waals surface area contributed by atoms with Crippen molar-refractivity contribution < 1.29 is 9.53 Å². The molecule has 33 heavy (non-hydrogen) atoms. The Morgan fingerprint density at radius 3 is 2.39 bits per heavy atom. The van der Waals surface area contributed by atoms with E-state index in [0.717, 1.165) is 30.8 Å². The zero-order chi connectivity index (χ0) is 23.0. The van der Waals surface area contributed by atoms with Crippen molar-refractivity contribution in [3.8, 4) is 17.1 Å². The predicted octanol–water partition coefficient (Wildman–Crippen LogP) is 2.90. The summed E-state index contributed by atoms with van der Waals surface area (Å²) in [6, 6.07) is 17.6. The SMILES string of the molecule is CCCOc1ccc(-c2nnc(CCC(=O)N3CCN(c4ccccc4)CC3)c(=O)[nH]2)cc1. The van der Waals surface area contributed by atoms with Crippen LogP contribution in [0.1, 0.15) is 25.5 Å². The normalized spacial score (nSPS) is 13.7. The number of anilines is 1. The maximum Gasteiger partial charge on any atom is 0.273 e. The number of carbonyl (C=O) groups excluding carboxylic acids is 1. The number of aromatic nitrogens is 3. The molecular weight excluding hydrogens is 418 g/mol. The molecule has 1 aliphatic heterocycles. The van der Waals surface area contributed by atoms with Crippen LogP contribution < -0.4 is 15.2 Å². The lowest BCUT2D eigenvalue weighted by molar-refractivity contribution is -0.131. The average Bonchev–Trinajstić information content (AvgIpc) is 2.87. The second-order valence-corrected chi connectivity index (χ2v) is 8.03. The van der Waals surface area contributed by atoms with Gasteiger partial charge in [0.2, 0.25) is 5.91 Å². The number of aryl methyl sites for hydroxylation is 1. The molecule has 0 bridgehead atoms. The highest BCUT2D eigenvalue weighted by atomic mass is 16.5. The van der Waals surface area contributed by atoms with Gasteiger partial charge in [0, 0.05) is 50.3 Å². The van der Waals surface area contributed by atoms with Gasteiger partial charge >= 0.3 is 0 Å². The smallest absolute Gasteiger partial charge is 0.273 e. The van der Waals surface area contributed by atoms with Gasteiger partial charge in [0.05, 0.1) is 6.61 Å². The first-order chi connectivity index (χ1) is 16.1. The molecule has 0 unspecified atom stereocenters. The average molecular weight is 448 g/mol. The molecule has 1 amide bonds. The van der Waals surface area contributed by atoms with Crippen LogP contribution in [0.3, 0.4) is 0 Å². The van der Waals surface area contributed by atoms with Crippen molar-refractivity contribution in [2.75, 3.05) is 37.7 Å². The minimum Gasteiger partial charge on any atom is -0.494 e. The molecule has 172 valence electrons. The van der Waals surface area contributed by atoms with Gasteiger partial charge in [0.15, 0.2) is 5.82 Å². The quantitative estimate of drug-likeness (QED) is 0.571. The van der Waals surface area contributed by atoms with Crippen LogP contribution in [-0.4, -0.2) is 58.8 Å². The topological polar surface area (TPSA) is 91.4 Å². The number of aromatic amines is 1. The molecule has 1 saturated heterocycles. The van der Waals surface area contributed by atoms with Crippen molar-refractivity contribution in [1.82, 2.24) is 20.1 Å². The molecule has 1 aromatic heterocycles. The van der Waals surface area contributed by atoms with Crippen molar-refractivity contribution in [1.29, 1.82) is 0 Å². The molecule has 3 aromatic rings. The summed E-state index contributed by atoms with van der Waals surface area (Å²) in [5, 5.41) is 8.25. The van der Waals surface area contributed by atoms with Gasteiger partial charge in [-0.15, -0.1) is 10.2 Å². The highest BCUT2D eigenvalue weighted by Gasteiger charge is 2.21. The molecule has 0 atom stereocenters. The van der Waals surface area contributed by atoms with Crippen LogP contribution in [0, 0.1) is 0 Å². The zero-order valence-corrected chi connectivity index (χ0v) is 18.9. The van der Waals surface area contributed by atoms with E-state index in [2.05, 4.69) is 39.1 Å². The standard InChI is InChI=1S/C25H29N5O3/c1-2-18-33-21-10-8-19(9-11-21)24-26-25(32)22(27-28-24)12-13-23(31)30-16-14-29(15-17-30)20-6-4-3-5-7-20/h3-11H,2,12-18H2,1H3,(H,26,28,32). The third-order valence-corrected chi connectivity index (χ3v) is 5.69. The Morgan fingerprint density at radius 1 is 1.00 bits per heavy atom. The lowest BCUT2D eigenvalue weighted by Crippen LogP contribution is -2.48. The molecular formula is C25H29N5O3. The maximum atomic E-state index is 12.7. The van der Waals surface area contributed by atoms with Gasteiger partial charge in [-0.25, -0.2) is 0 Å². The molecule has 1 fully saturated rings. The van der Waals surface area contributed by atoms with Crippen LogP contribution >= 0.6 is 0 Å². The first-order valence-electron chi connectivity index (χ1n) is 11.4. The summed E-state index contributed by atoms with van der Waals surface area (Å²) in [6.07, 6.45) is 1.45. The number of carbonyl (C=O) groups is 1. The Kier molecular flexibility index (Phi) is 7.34. The summed E-state index contributed by atoms with van der Waals surface area (Å²) in [7, 11) is 0. The molecule has 8 heteroatoms. The molecule has 0 saturated carbocycles. The van der Waals surface area contributed by atoms with Gasteiger partial charge in [0.25, 0.3) is 5.56 Å². The number of amides is 1. The Labute approximate surface area is 193 Å². The van der Waals surface area contributed by atoms with Crippen LogP contribution in [0.4, 0.5) is 5.69 Å². The largest absolute Gasteiger partial charge is 0.494 e. The Bertz CT molecular complexity index is 1110. The van der Waals surface area contributed by atoms with Crippen molar-refractivity contribution in [2.24, 2.45) is 0 Å². The second-order valence-electron chi connectivity index (χ2n) is 8.03. The summed E-state index contributed by atoms with van der Waals surface area (Å²) < 4.78 is 5.58. The number of nitrogens with one attached hydrogen (secondary N) is 1. The summed E-state index contributed by atoms with van der Waals surface area (Å²) in [5.74, 6) is 1.21. The Hall–Kier alpha value is -3.68. The number of hydrogen-bond donors (Lipinski definition) is 1. The number of nitrogens with zero attached hydrogens (tertiary/aromatic N) is 4. The highest BCUT2D eigenvalue weighted by Crippen LogP contribution is 2.19. The minimum atomic E-state index is -0.312. The maximum absolute atomic E-state index is 12.7. The van der Waals surface area contributed by atoms with Gasteiger partial charge < -0.3 is 19.5 Å². The van der Waals surface area contributed by atoms with Crippen LogP contribution in [0.2, 0.25) is 0 Å². The van der Waals surface area contributed by atoms with Crippen molar-refractivity contribution in [3.63, 3.8) is 0 Å². The number of para-hydroxylation sites is 1. The number of benzene rings is 2. The van der Waals surface area contributed by atoms with E-state index in [4.69, 9.17) is 4.74 Å². The third kappa shape index (κ3) is 5.77. The summed E-state index contributed by atoms with van der Waals surface area (Å²) in [4.78, 5) is 32.1. The van der Waals surface area contributed by atoms with E-state index in [-0.39, 0.29) is 30.0 Å². The fraction of sp³-hybridized carbons (Fsp3) is 0.360. The van der Waals surface area contributed by atoms with Gasteiger partial charge in [-0.2, -0.15) is 0 Å². The molecule has 1 aliphatic rings. The fourth-order valence-electron chi connectivity index (χ4n) is 3.82. The minimum absolute atomic E-state index is 0.0376. The van der Waals surface area contributed by atoms with E-state index in [0.29, 0.717) is 25.5 Å². The Morgan fingerprint density at radius 2 is 1.73 bits per heavy atom. The molecule has 0 aliphatic carbocycles. The number of H-pyrrole nitrogens is 1. The first-order valence-corrected chi connectivity index (χ1v) is 11.4. The van der Waals surface area contributed by atoms with E-state index < -0.39 is 0 Å².